The zero-order valence-electron chi connectivity index (χ0n) is 13.3. The summed E-state index contributed by atoms with van der Waals surface area (Å²) >= 11 is 0. The summed E-state index contributed by atoms with van der Waals surface area (Å²) in [5, 5.41) is 0. The van der Waals surface area contributed by atoms with Crippen molar-refractivity contribution < 1.29 is 52.4 Å². The zero-order valence-corrected chi connectivity index (χ0v) is 16.7. The lowest BCUT2D eigenvalue weighted by Crippen LogP contribution is -2.20. The van der Waals surface area contributed by atoms with Gasteiger partial charge >= 0.3 is 15.2 Å². The Labute approximate surface area is 145 Å². The average molecular weight is 444 g/mol. The minimum absolute atomic E-state index is 0.359. The molecule has 2 aliphatic rings. The monoisotopic (exact) mass is 444 g/mol. The third kappa shape index (κ3) is 6.06. The van der Waals surface area contributed by atoms with Crippen LogP contribution < -0.4 is 0 Å². The molecule has 2 rings (SSSR count). The highest BCUT2D eigenvalue weighted by atomic mass is 32.2. The Bertz CT molecular complexity index is 723. The molecule has 148 valence electrons. The minimum Gasteiger partial charge on any atom is -0.311 e. The van der Waals surface area contributed by atoms with Gasteiger partial charge in [-0.1, -0.05) is 0 Å². The summed E-state index contributed by atoms with van der Waals surface area (Å²) in [6.45, 7) is -0.717. The molecule has 0 aliphatic carbocycles. The molecule has 0 N–H and O–H groups in total. The Morgan fingerprint density at radius 3 is 1.44 bits per heavy atom. The van der Waals surface area contributed by atoms with Gasteiger partial charge in [0.1, 0.15) is 23.7 Å². The molecular formula is C9H18O12P2S2. The Morgan fingerprint density at radius 1 is 0.840 bits per heavy atom. The van der Waals surface area contributed by atoms with Gasteiger partial charge < -0.3 is 18.1 Å². The van der Waals surface area contributed by atoms with E-state index in [1.165, 1.54) is 0 Å². The van der Waals surface area contributed by atoms with E-state index in [4.69, 9.17) is 18.1 Å². The fourth-order valence-corrected chi connectivity index (χ4v) is 8.92. The van der Waals surface area contributed by atoms with Crippen molar-refractivity contribution in [3.05, 3.63) is 0 Å². The summed E-state index contributed by atoms with van der Waals surface area (Å²) in [6, 6.07) is 0. The Hall–Kier alpha value is 0.120. The Morgan fingerprint density at radius 2 is 1.20 bits per heavy atom. The van der Waals surface area contributed by atoms with Gasteiger partial charge in [-0.15, -0.1) is 0 Å². The molecule has 2 aliphatic heterocycles. The van der Waals surface area contributed by atoms with E-state index in [2.05, 4.69) is 8.37 Å². The van der Waals surface area contributed by atoms with Crippen LogP contribution in [0.15, 0.2) is 0 Å². The van der Waals surface area contributed by atoms with Crippen LogP contribution in [0.3, 0.4) is 0 Å². The van der Waals surface area contributed by atoms with Crippen LogP contribution in [0.25, 0.3) is 0 Å². The molecule has 4 atom stereocenters. The number of hydrogen-bond acceptors (Lipinski definition) is 12. The van der Waals surface area contributed by atoms with E-state index >= 15 is 0 Å². The van der Waals surface area contributed by atoms with Crippen LogP contribution >= 0.6 is 15.2 Å². The molecule has 0 aromatic carbocycles. The molecule has 2 fully saturated rings. The fourth-order valence-electron chi connectivity index (χ4n) is 2.06. The summed E-state index contributed by atoms with van der Waals surface area (Å²) in [5.74, 6) is -1.90. The molecule has 0 saturated carbocycles. The van der Waals surface area contributed by atoms with Gasteiger partial charge in [-0.2, -0.15) is 16.8 Å². The lowest BCUT2D eigenvalue weighted by Gasteiger charge is -2.24. The van der Waals surface area contributed by atoms with Crippen molar-refractivity contribution in [3.63, 3.8) is 0 Å². The second-order valence-electron chi connectivity index (χ2n) is 5.20. The first-order valence-electron chi connectivity index (χ1n) is 6.80. The molecule has 16 heteroatoms. The molecule has 0 aromatic heterocycles. The van der Waals surface area contributed by atoms with E-state index in [9.17, 15) is 26.0 Å². The molecule has 0 aromatic rings. The van der Waals surface area contributed by atoms with Crippen molar-refractivity contribution in [2.45, 2.75) is 12.2 Å². The Kier molecular flexibility index (Phi) is 6.53. The largest absolute Gasteiger partial charge is 0.342 e. The zero-order chi connectivity index (χ0) is 18.9. The van der Waals surface area contributed by atoms with Gasteiger partial charge in [0.05, 0.1) is 13.2 Å². The highest BCUT2D eigenvalue weighted by Crippen LogP contribution is 2.64. The van der Waals surface area contributed by atoms with E-state index in [1.807, 2.05) is 0 Å². The summed E-state index contributed by atoms with van der Waals surface area (Å²) in [5.41, 5.74) is 0. The molecule has 12 nitrogen and oxygen atoms in total. The van der Waals surface area contributed by atoms with E-state index in [0.29, 0.717) is 0 Å². The fraction of sp³-hybridized carbons (Fsp3) is 1.00. The molecule has 0 spiro atoms. The predicted octanol–water partition coefficient (Wildman–Crippen LogP) is 0.113. The Balaban J connectivity index is 2.06. The molecule has 0 bridgehead atoms. The van der Waals surface area contributed by atoms with Crippen molar-refractivity contribution in [3.8, 4) is 0 Å². The third-order valence-electron chi connectivity index (χ3n) is 3.17. The molecule has 4 unspecified atom stereocenters. The van der Waals surface area contributed by atoms with Crippen molar-refractivity contribution in [2.75, 3.05) is 44.8 Å². The van der Waals surface area contributed by atoms with Gasteiger partial charge in [0.25, 0.3) is 20.2 Å². The average Bonchev–Trinajstić information content (AvgIpc) is 3.00. The summed E-state index contributed by atoms with van der Waals surface area (Å²) < 4.78 is 99.0. The second-order valence-corrected chi connectivity index (χ2v) is 13.3. The van der Waals surface area contributed by atoms with Crippen molar-refractivity contribution in [2.24, 2.45) is 0 Å². The lowest BCUT2D eigenvalue weighted by atomic mass is 10.5. The van der Waals surface area contributed by atoms with Gasteiger partial charge in [0.2, 0.25) is 0 Å². The van der Waals surface area contributed by atoms with Gasteiger partial charge in [-0.05, 0) is 0 Å². The van der Waals surface area contributed by atoms with Crippen molar-refractivity contribution >= 4 is 35.4 Å². The van der Waals surface area contributed by atoms with Crippen LogP contribution in [0.1, 0.15) is 0 Å². The third-order valence-corrected chi connectivity index (χ3v) is 10.8. The molecule has 25 heavy (non-hydrogen) atoms. The van der Waals surface area contributed by atoms with Gasteiger partial charge in [0, 0.05) is 14.2 Å². The van der Waals surface area contributed by atoms with Crippen molar-refractivity contribution in [1.29, 1.82) is 0 Å². The first-order valence-corrected chi connectivity index (χ1v) is 13.4. The van der Waals surface area contributed by atoms with Crippen LogP contribution in [0, 0.1) is 0 Å². The lowest BCUT2D eigenvalue weighted by molar-refractivity contribution is 0.139. The molecule has 2 saturated heterocycles. The van der Waals surface area contributed by atoms with Crippen LogP contribution in [-0.4, -0.2) is 73.9 Å². The van der Waals surface area contributed by atoms with Gasteiger partial charge in [0.15, 0.2) is 5.90 Å². The van der Waals surface area contributed by atoms with E-state index < -0.39 is 65.0 Å². The summed E-state index contributed by atoms with van der Waals surface area (Å²) in [4.78, 5) is 0. The molecular weight excluding hydrogens is 426 g/mol. The van der Waals surface area contributed by atoms with Crippen LogP contribution in [-0.2, 0) is 55.8 Å². The second kappa shape index (κ2) is 7.63. The molecule has 0 amide bonds. The van der Waals surface area contributed by atoms with Crippen LogP contribution in [0.2, 0.25) is 0 Å². The summed E-state index contributed by atoms with van der Waals surface area (Å²) in [6.07, 6.45) is -2.15. The minimum atomic E-state index is -4.08. The topological polar surface area (TPSA) is 158 Å². The van der Waals surface area contributed by atoms with E-state index in [0.717, 1.165) is 14.2 Å². The first kappa shape index (κ1) is 21.4. The quantitative estimate of drug-likeness (QED) is 0.368. The molecule has 0 radical (unpaired) electrons. The maximum atomic E-state index is 12.6. The summed E-state index contributed by atoms with van der Waals surface area (Å²) in [7, 11) is -13.7. The van der Waals surface area contributed by atoms with Crippen molar-refractivity contribution in [1.82, 2.24) is 0 Å². The van der Waals surface area contributed by atoms with Gasteiger partial charge in [-0.25, -0.2) is 0 Å². The van der Waals surface area contributed by atoms with Crippen LogP contribution in [0.5, 0.6) is 0 Å². The SMILES string of the molecule is COP(=O)(CP(=O)(OC)OC1COS(=O)(=O)C1)OC1COS(=O)(=O)C1. The first-order chi connectivity index (χ1) is 11.4. The number of rotatable bonds is 8. The highest BCUT2D eigenvalue weighted by Gasteiger charge is 2.44. The smallest absolute Gasteiger partial charge is 0.311 e. The maximum Gasteiger partial charge on any atom is 0.342 e. The van der Waals surface area contributed by atoms with Gasteiger partial charge in [-0.3, -0.25) is 17.5 Å². The van der Waals surface area contributed by atoms with E-state index in [1.54, 1.807) is 0 Å². The standard InChI is InChI=1S/C9H18O12P2S2/c1-16-22(10,20-8-3-18-24(12,13)5-8)7-23(11,17-2)21-9-4-19-25(14,15)6-9/h8-9H,3-7H2,1-2H3. The normalized spacial score (nSPS) is 32.9. The molecule has 2 heterocycles. The van der Waals surface area contributed by atoms with Crippen LogP contribution in [0.4, 0.5) is 0 Å². The predicted molar refractivity (Wildman–Crippen MR) is 83.3 cm³/mol. The maximum absolute atomic E-state index is 12.6. The van der Waals surface area contributed by atoms with E-state index in [-0.39, 0.29) is 13.2 Å². The number of hydrogen-bond donors (Lipinski definition) is 0. The highest BCUT2D eigenvalue weighted by molar-refractivity contribution is 7.87.